The first kappa shape index (κ1) is 17.7. The molecule has 3 heterocycles. The van der Waals surface area contributed by atoms with Gasteiger partial charge in [0.25, 0.3) is 5.78 Å². The van der Waals surface area contributed by atoms with Crippen LogP contribution in [0.15, 0.2) is 30.9 Å². The molecule has 10 heteroatoms. The molecule has 142 valence electrons. The topological polar surface area (TPSA) is 116 Å². The highest BCUT2D eigenvalue weighted by Crippen LogP contribution is 2.19. The lowest BCUT2D eigenvalue weighted by Crippen LogP contribution is -2.14. The first-order valence-electron chi connectivity index (χ1n) is 8.82. The number of fused-ring (bicyclic) bond motifs is 1. The Morgan fingerprint density at radius 1 is 1.21 bits per heavy atom. The van der Waals surface area contributed by atoms with Crippen LogP contribution in [0.25, 0.3) is 11.5 Å². The Bertz CT molecular complexity index is 1150. The number of rotatable bonds is 5. The third-order valence-corrected chi connectivity index (χ3v) is 4.67. The molecule has 0 bridgehead atoms. The molecule has 0 aliphatic carbocycles. The van der Waals surface area contributed by atoms with Crippen LogP contribution in [0.1, 0.15) is 28.9 Å². The van der Waals surface area contributed by atoms with Crippen molar-refractivity contribution in [3.8, 4) is 5.69 Å². The number of aryl methyl sites for hydroxylation is 3. The second-order valence-electron chi connectivity index (χ2n) is 6.54. The van der Waals surface area contributed by atoms with E-state index in [0.717, 1.165) is 33.9 Å². The summed E-state index contributed by atoms with van der Waals surface area (Å²) in [6, 6.07) is 5.61. The molecular weight excluding hydrogens is 358 g/mol. The molecule has 0 radical (unpaired) electrons. The van der Waals surface area contributed by atoms with E-state index in [-0.39, 0.29) is 5.91 Å². The molecule has 0 saturated carbocycles. The zero-order chi connectivity index (χ0) is 19.7. The van der Waals surface area contributed by atoms with Gasteiger partial charge in [-0.25, -0.2) is 14.2 Å². The fourth-order valence-electron chi connectivity index (χ4n) is 3.24. The van der Waals surface area contributed by atoms with Crippen molar-refractivity contribution >= 4 is 17.4 Å². The van der Waals surface area contributed by atoms with Crippen molar-refractivity contribution in [2.24, 2.45) is 0 Å². The molecule has 0 saturated heterocycles. The number of aromatic nitrogens is 8. The van der Waals surface area contributed by atoms with Crippen LogP contribution in [-0.4, -0.2) is 45.7 Å². The summed E-state index contributed by atoms with van der Waals surface area (Å²) in [7, 11) is 0. The number of hydrogen-bond acceptors (Lipinski definition) is 7. The van der Waals surface area contributed by atoms with Crippen molar-refractivity contribution < 1.29 is 4.79 Å². The van der Waals surface area contributed by atoms with E-state index in [1.165, 1.54) is 12.7 Å². The van der Waals surface area contributed by atoms with E-state index in [9.17, 15) is 4.79 Å². The van der Waals surface area contributed by atoms with E-state index >= 15 is 0 Å². The van der Waals surface area contributed by atoms with Crippen LogP contribution < -0.4 is 5.32 Å². The van der Waals surface area contributed by atoms with Gasteiger partial charge in [-0.3, -0.25) is 4.79 Å². The summed E-state index contributed by atoms with van der Waals surface area (Å²) in [6.45, 7) is 5.83. The highest BCUT2D eigenvalue weighted by Gasteiger charge is 2.13. The van der Waals surface area contributed by atoms with Crippen LogP contribution in [0.5, 0.6) is 0 Å². The SMILES string of the molecule is Cc1cc(NC(=O)CCc2c(C)nc3ncnn3c2C)ccc1-n1cnnn1. The molecule has 0 spiro atoms. The quantitative estimate of drug-likeness (QED) is 0.561. The van der Waals surface area contributed by atoms with Crippen LogP contribution in [0.2, 0.25) is 0 Å². The van der Waals surface area contributed by atoms with E-state index < -0.39 is 0 Å². The van der Waals surface area contributed by atoms with Crippen molar-refractivity contribution in [2.75, 3.05) is 5.32 Å². The number of anilines is 1. The molecule has 0 aliphatic rings. The minimum Gasteiger partial charge on any atom is -0.326 e. The maximum absolute atomic E-state index is 12.4. The first-order valence-corrected chi connectivity index (χ1v) is 8.82. The monoisotopic (exact) mass is 377 g/mol. The second kappa shape index (κ2) is 7.14. The van der Waals surface area contributed by atoms with Gasteiger partial charge in [-0.15, -0.1) is 5.10 Å². The Kier molecular flexibility index (Phi) is 4.52. The van der Waals surface area contributed by atoms with E-state index in [0.29, 0.717) is 18.6 Å². The molecular formula is C18H19N9O. The zero-order valence-corrected chi connectivity index (χ0v) is 15.8. The third-order valence-electron chi connectivity index (χ3n) is 4.67. The van der Waals surface area contributed by atoms with E-state index in [2.05, 4.69) is 35.9 Å². The number of tetrazole rings is 1. The number of nitrogens with zero attached hydrogens (tertiary/aromatic N) is 8. The van der Waals surface area contributed by atoms with E-state index in [1.807, 2.05) is 39.0 Å². The highest BCUT2D eigenvalue weighted by atomic mass is 16.1. The number of benzene rings is 1. The predicted octanol–water partition coefficient (Wildman–Crippen LogP) is 1.60. The van der Waals surface area contributed by atoms with Gasteiger partial charge in [0.05, 0.1) is 5.69 Å². The van der Waals surface area contributed by atoms with Crippen molar-refractivity contribution in [1.29, 1.82) is 0 Å². The Labute approximate surface area is 160 Å². The van der Waals surface area contributed by atoms with Crippen molar-refractivity contribution in [3.05, 3.63) is 53.4 Å². The van der Waals surface area contributed by atoms with Crippen LogP contribution in [0.4, 0.5) is 5.69 Å². The minimum atomic E-state index is -0.0629. The smallest absolute Gasteiger partial charge is 0.252 e. The molecule has 0 aliphatic heterocycles. The maximum Gasteiger partial charge on any atom is 0.252 e. The molecule has 1 aromatic carbocycles. The molecule has 10 nitrogen and oxygen atoms in total. The molecule has 4 rings (SSSR count). The molecule has 1 N–H and O–H groups in total. The van der Waals surface area contributed by atoms with Crippen molar-refractivity contribution in [2.45, 2.75) is 33.6 Å². The standard InChI is InChI=1S/C18H19N9O/c1-11-8-14(4-6-16(11)26-10-20-24-25-26)23-17(28)7-5-15-12(2)22-18-19-9-21-27(18)13(15)3/h4,6,8-10H,5,7H2,1-3H3,(H,23,28). The Hall–Kier alpha value is -3.69. The number of nitrogens with one attached hydrogen (secondary N) is 1. The van der Waals surface area contributed by atoms with Gasteiger partial charge in [-0.1, -0.05) is 0 Å². The second-order valence-corrected chi connectivity index (χ2v) is 6.54. The van der Waals surface area contributed by atoms with Gasteiger partial charge >= 0.3 is 0 Å². The predicted molar refractivity (Wildman–Crippen MR) is 101 cm³/mol. The summed E-state index contributed by atoms with van der Waals surface area (Å²) in [5, 5.41) is 18.3. The molecule has 0 atom stereocenters. The molecule has 0 unspecified atom stereocenters. The number of carbonyl (C=O) groups excluding carboxylic acids is 1. The number of amides is 1. The van der Waals surface area contributed by atoms with Gasteiger partial charge in [0, 0.05) is 23.5 Å². The fourth-order valence-corrected chi connectivity index (χ4v) is 3.24. The first-order chi connectivity index (χ1) is 13.5. The third kappa shape index (κ3) is 3.31. The lowest BCUT2D eigenvalue weighted by atomic mass is 10.1. The van der Waals surface area contributed by atoms with Gasteiger partial charge in [0.15, 0.2) is 0 Å². The normalized spacial score (nSPS) is 11.1. The summed E-state index contributed by atoms with van der Waals surface area (Å²) in [6.07, 6.45) is 3.93. The Balaban J connectivity index is 1.45. The Morgan fingerprint density at radius 3 is 2.82 bits per heavy atom. The molecule has 0 fully saturated rings. The Morgan fingerprint density at radius 2 is 2.07 bits per heavy atom. The van der Waals surface area contributed by atoms with Crippen LogP contribution >= 0.6 is 0 Å². The highest BCUT2D eigenvalue weighted by molar-refractivity contribution is 5.91. The van der Waals surface area contributed by atoms with E-state index in [4.69, 9.17) is 0 Å². The van der Waals surface area contributed by atoms with Crippen molar-refractivity contribution in [1.82, 2.24) is 39.8 Å². The zero-order valence-electron chi connectivity index (χ0n) is 15.8. The maximum atomic E-state index is 12.4. The lowest BCUT2D eigenvalue weighted by molar-refractivity contribution is -0.116. The number of hydrogen-bond donors (Lipinski definition) is 1. The summed E-state index contributed by atoms with van der Waals surface area (Å²) in [5.74, 6) is 0.508. The van der Waals surface area contributed by atoms with Gasteiger partial charge in [0.1, 0.15) is 12.7 Å². The molecule has 4 aromatic rings. The van der Waals surface area contributed by atoms with Crippen LogP contribution in [-0.2, 0) is 11.2 Å². The fraction of sp³-hybridized carbons (Fsp3) is 0.278. The van der Waals surface area contributed by atoms with Gasteiger partial charge in [-0.2, -0.15) is 10.1 Å². The minimum absolute atomic E-state index is 0.0629. The summed E-state index contributed by atoms with van der Waals surface area (Å²) in [5.41, 5.74) is 5.39. The summed E-state index contributed by atoms with van der Waals surface area (Å²) < 4.78 is 3.28. The van der Waals surface area contributed by atoms with Crippen molar-refractivity contribution in [3.63, 3.8) is 0 Å². The average Bonchev–Trinajstić information content (AvgIpc) is 3.33. The molecule has 3 aromatic heterocycles. The summed E-state index contributed by atoms with van der Waals surface area (Å²) in [4.78, 5) is 21.0. The number of carbonyl (C=O) groups is 1. The lowest BCUT2D eigenvalue weighted by Gasteiger charge is -2.11. The average molecular weight is 377 g/mol. The summed E-state index contributed by atoms with van der Waals surface area (Å²) >= 11 is 0. The van der Waals surface area contributed by atoms with Gasteiger partial charge in [-0.05, 0) is 66.9 Å². The van der Waals surface area contributed by atoms with Crippen LogP contribution in [0.3, 0.4) is 0 Å². The van der Waals surface area contributed by atoms with Crippen LogP contribution in [0, 0.1) is 20.8 Å². The van der Waals surface area contributed by atoms with Gasteiger partial charge < -0.3 is 5.32 Å². The molecule has 28 heavy (non-hydrogen) atoms. The van der Waals surface area contributed by atoms with Gasteiger partial charge in [0.2, 0.25) is 5.91 Å². The largest absolute Gasteiger partial charge is 0.326 e. The molecule has 1 amide bonds. The van der Waals surface area contributed by atoms with E-state index in [1.54, 1.807) is 9.20 Å².